The topological polar surface area (TPSA) is 12.9 Å². The molecule has 1 heteroatoms. The van der Waals surface area contributed by atoms with Gasteiger partial charge in [-0.2, -0.15) is 0 Å². The van der Waals surface area contributed by atoms with E-state index in [1.54, 1.807) is 0 Å². The third-order valence-electron chi connectivity index (χ3n) is 3.81. The van der Waals surface area contributed by atoms with Crippen LogP contribution in [0.4, 0.5) is 0 Å². The van der Waals surface area contributed by atoms with Crippen molar-refractivity contribution >= 4 is 34.0 Å². The van der Waals surface area contributed by atoms with Crippen LogP contribution in [0.15, 0.2) is 78.9 Å². The Morgan fingerprint density at radius 2 is 1.27 bits per heavy atom. The van der Waals surface area contributed by atoms with Gasteiger partial charge in [-0.25, -0.2) is 4.98 Å². The van der Waals surface area contributed by atoms with Crippen LogP contribution in [0.1, 0.15) is 11.1 Å². The summed E-state index contributed by atoms with van der Waals surface area (Å²) >= 11 is 0. The highest BCUT2D eigenvalue weighted by molar-refractivity contribution is 5.93. The molecule has 4 aromatic rings. The van der Waals surface area contributed by atoms with E-state index < -0.39 is 0 Å². The van der Waals surface area contributed by atoms with Crippen LogP contribution in [0.3, 0.4) is 0 Å². The highest BCUT2D eigenvalue weighted by Crippen LogP contribution is 2.21. The van der Waals surface area contributed by atoms with Crippen LogP contribution in [-0.4, -0.2) is 4.98 Å². The Balaban J connectivity index is 1.76. The highest BCUT2D eigenvalue weighted by Gasteiger charge is 1.99. The van der Waals surface area contributed by atoms with Gasteiger partial charge in [0.15, 0.2) is 0 Å². The Kier molecular flexibility index (Phi) is 3.17. The Morgan fingerprint density at radius 3 is 2.18 bits per heavy atom. The zero-order valence-corrected chi connectivity index (χ0v) is 12.1. The summed E-state index contributed by atoms with van der Waals surface area (Å²) in [6.45, 7) is 0. The van der Waals surface area contributed by atoms with Gasteiger partial charge < -0.3 is 0 Å². The fourth-order valence-electron chi connectivity index (χ4n) is 2.65. The Labute approximate surface area is 129 Å². The summed E-state index contributed by atoms with van der Waals surface area (Å²) in [5.41, 5.74) is 4.45. The van der Waals surface area contributed by atoms with Gasteiger partial charge in [-0.05, 0) is 29.3 Å². The molecular weight excluding hydrogens is 266 g/mol. The number of rotatable bonds is 2. The summed E-state index contributed by atoms with van der Waals surface area (Å²) in [4.78, 5) is 4.76. The number of para-hydroxylation sites is 1. The lowest BCUT2D eigenvalue weighted by Gasteiger charge is -2.02. The molecule has 0 amide bonds. The van der Waals surface area contributed by atoms with Crippen molar-refractivity contribution in [2.24, 2.45) is 0 Å². The smallest absolute Gasteiger partial charge is 0.0715 e. The Morgan fingerprint density at radius 1 is 0.545 bits per heavy atom. The van der Waals surface area contributed by atoms with Gasteiger partial charge in [-0.3, -0.25) is 0 Å². The van der Waals surface area contributed by atoms with Crippen molar-refractivity contribution in [2.75, 3.05) is 0 Å². The van der Waals surface area contributed by atoms with E-state index in [1.165, 1.54) is 21.9 Å². The maximum Gasteiger partial charge on any atom is 0.0715 e. The Bertz CT molecular complexity index is 969. The third kappa shape index (κ3) is 2.49. The first-order valence-corrected chi connectivity index (χ1v) is 7.41. The molecule has 1 nitrogen and oxygen atoms in total. The molecule has 4 rings (SSSR count). The number of pyridine rings is 1. The summed E-state index contributed by atoms with van der Waals surface area (Å²) in [6.07, 6.45) is 4.26. The largest absolute Gasteiger partial charge is 0.248 e. The zero-order chi connectivity index (χ0) is 14.8. The SMILES string of the molecule is C(=Cc1ccc2cc3ccccc3nc2c1)c1ccccc1. The molecule has 0 saturated carbocycles. The first-order valence-electron chi connectivity index (χ1n) is 7.41. The number of hydrogen-bond donors (Lipinski definition) is 0. The normalized spacial score (nSPS) is 11.5. The van der Waals surface area contributed by atoms with Crippen molar-refractivity contribution in [3.05, 3.63) is 90.0 Å². The van der Waals surface area contributed by atoms with Crippen molar-refractivity contribution in [2.45, 2.75) is 0 Å². The fraction of sp³-hybridized carbons (Fsp3) is 0. The standard InChI is InChI=1S/C21H15N/c1-2-6-16(7-3-1)10-11-17-12-13-19-15-18-8-4-5-9-20(18)22-21(19)14-17/h1-15H. The van der Waals surface area contributed by atoms with E-state index in [9.17, 15) is 0 Å². The lowest BCUT2D eigenvalue weighted by molar-refractivity contribution is 1.49. The summed E-state index contributed by atoms with van der Waals surface area (Å²) in [7, 11) is 0. The minimum atomic E-state index is 1.04. The average Bonchev–Trinajstić information content (AvgIpc) is 2.59. The monoisotopic (exact) mass is 281 g/mol. The molecule has 22 heavy (non-hydrogen) atoms. The van der Waals surface area contributed by atoms with E-state index in [4.69, 9.17) is 4.98 Å². The molecule has 0 bridgehead atoms. The van der Waals surface area contributed by atoms with Crippen LogP contribution in [0.5, 0.6) is 0 Å². The van der Waals surface area contributed by atoms with Gasteiger partial charge in [0.2, 0.25) is 0 Å². The van der Waals surface area contributed by atoms with Crippen LogP contribution in [-0.2, 0) is 0 Å². The molecule has 0 atom stereocenters. The second kappa shape index (κ2) is 5.45. The van der Waals surface area contributed by atoms with Crippen LogP contribution >= 0.6 is 0 Å². The summed E-state index contributed by atoms with van der Waals surface area (Å²) in [6, 6.07) is 27.2. The number of fused-ring (bicyclic) bond motifs is 2. The molecule has 3 aromatic carbocycles. The van der Waals surface area contributed by atoms with Gasteiger partial charge >= 0.3 is 0 Å². The van der Waals surface area contributed by atoms with Gasteiger partial charge in [0.05, 0.1) is 11.0 Å². The predicted molar refractivity (Wildman–Crippen MR) is 94.6 cm³/mol. The molecule has 0 fully saturated rings. The molecule has 0 unspecified atom stereocenters. The van der Waals surface area contributed by atoms with Gasteiger partial charge in [0, 0.05) is 10.8 Å². The molecule has 0 aliphatic heterocycles. The molecule has 0 N–H and O–H groups in total. The van der Waals surface area contributed by atoms with Crippen LogP contribution in [0, 0.1) is 0 Å². The number of hydrogen-bond acceptors (Lipinski definition) is 1. The van der Waals surface area contributed by atoms with E-state index in [0.29, 0.717) is 0 Å². The van der Waals surface area contributed by atoms with Crippen LogP contribution < -0.4 is 0 Å². The summed E-state index contributed by atoms with van der Waals surface area (Å²) < 4.78 is 0. The molecule has 0 spiro atoms. The van der Waals surface area contributed by atoms with Crippen molar-refractivity contribution in [3.8, 4) is 0 Å². The van der Waals surface area contributed by atoms with Gasteiger partial charge in [-0.15, -0.1) is 0 Å². The minimum Gasteiger partial charge on any atom is -0.248 e. The molecule has 0 aliphatic carbocycles. The van der Waals surface area contributed by atoms with E-state index in [-0.39, 0.29) is 0 Å². The third-order valence-corrected chi connectivity index (χ3v) is 3.81. The summed E-state index contributed by atoms with van der Waals surface area (Å²) in [5.74, 6) is 0. The van der Waals surface area contributed by atoms with Gasteiger partial charge in [-0.1, -0.05) is 72.8 Å². The first kappa shape index (κ1) is 12.8. The number of aromatic nitrogens is 1. The van der Waals surface area contributed by atoms with Crippen LogP contribution in [0.2, 0.25) is 0 Å². The maximum absolute atomic E-state index is 4.76. The predicted octanol–water partition coefficient (Wildman–Crippen LogP) is 5.56. The molecule has 0 radical (unpaired) electrons. The molecule has 0 saturated heterocycles. The van der Waals surface area contributed by atoms with Gasteiger partial charge in [0.1, 0.15) is 0 Å². The highest BCUT2D eigenvalue weighted by atomic mass is 14.7. The lowest BCUT2D eigenvalue weighted by Crippen LogP contribution is -1.83. The minimum absolute atomic E-state index is 1.04. The Hall–Kier alpha value is -2.93. The summed E-state index contributed by atoms with van der Waals surface area (Å²) in [5, 5.41) is 2.36. The quantitative estimate of drug-likeness (QED) is 0.346. The van der Waals surface area contributed by atoms with E-state index in [2.05, 4.69) is 60.7 Å². The first-order chi connectivity index (χ1) is 10.9. The van der Waals surface area contributed by atoms with Crippen molar-refractivity contribution in [1.29, 1.82) is 0 Å². The second-order valence-electron chi connectivity index (χ2n) is 5.38. The molecule has 104 valence electrons. The number of benzene rings is 3. The zero-order valence-electron chi connectivity index (χ0n) is 12.1. The van der Waals surface area contributed by atoms with Crippen molar-refractivity contribution < 1.29 is 0 Å². The van der Waals surface area contributed by atoms with E-state index in [1.807, 2.05) is 30.3 Å². The number of nitrogens with zero attached hydrogens (tertiary/aromatic N) is 1. The second-order valence-corrected chi connectivity index (χ2v) is 5.38. The molecular formula is C21H15N. The molecule has 1 heterocycles. The maximum atomic E-state index is 4.76. The molecule has 0 aliphatic rings. The van der Waals surface area contributed by atoms with Crippen LogP contribution in [0.25, 0.3) is 34.0 Å². The van der Waals surface area contributed by atoms with Gasteiger partial charge in [0.25, 0.3) is 0 Å². The van der Waals surface area contributed by atoms with E-state index >= 15 is 0 Å². The van der Waals surface area contributed by atoms with E-state index in [0.717, 1.165) is 11.0 Å². The lowest BCUT2D eigenvalue weighted by atomic mass is 10.1. The van der Waals surface area contributed by atoms with Crippen molar-refractivity contribution in [1.82, 2.24) is 4.98 Å². The fourth-order valence-corrected chi connectivity index (χ4v) is 2.65. The average molecular weight is 281 g/mol. The molecule has 1 aromatic heterocycles. The van der Waals surface area contributed by atoms with Crippen molar-refractivity contribution in [3.63, 3.8) is 0 Å².